The molecule has 0 radical (unpaired) electrons. The first-order valence-electron chi connectivity index (χ1n) is 9.00. The van der Waals surface area contributed by atoms with E-state index in [-0.39, 0.29) is 17.4 Å². The minimum absolute atomic E-state index is 0.0379. The zero-order valence-corrected chi connectivity index (χ0v) is 17.8. The largest absolute Gasteiger partial charge is 0.469 e. The number of nitrogens with zero attached hydrogens (tertiary/aromatic N) is 1. The van der Waals surface area contributed by atoms with Crippen LogP contribution in [0.1, 0.15) is 13.3 Å². The molecule has 30 heavy (non-hydrogen) atoms. The first-order chi connectivity index (χ1) is 14.4. The molecular weight excluding hydrogens is 429 g/mol. The molecule has 0 fully saturated rings. The van der Waals surface area contributed by atoms with E-state index in [1.165, 1.54) is 31.0 Å². The van der Waals surface area contributed by atoms with Crippen LogP contribution in [0.5, 0.6) is 0 Å². The van der Waals surface area contributed by atoms with E-state index in [2.05, 4.69) is 15.6 Å². The van der Waals surface area contributed by atoms with Gasteiger partial charge in [0.25, 0.3) is 0 Å². The van der Waals surface area contributed by atoms with Crippen molar-refractivity contribution < 1.29 is 18.7 Å². The SMILES string of the molecule is COC(=O)CC1=CC(S[C@@H](C)C(=O)Nc2ccc(F)cc2Cl)=Nc2ccccc2N1. The maximum atomic E-state index is 13.2. The van der Waals surface area contributed by atoms with Gasteiger partial charge in [0.1, 0.15) is 5.82 Å². The molecule has 0 bridgehead atoms. The highest BCUT2D eigenvalue weighted by Gasteiger charge is 2.20. The maximum Gasteiger partial charge on any atom is 0.311 e. The summed E-state index contributed by atoms with van der Waals surface area (Å²) in [6.07, 6.45) is 1.76. The highest BCUT2D eigenvalue weighted by molar-refractivity contribution is 8.15. The summed E-state index contributed by atoms with van der Waals surface area (Å²) >= 11 is 7.21. The van der Waals surface area contributed by atoms with Gasteiger partial charge in [-0.3, -0.25) is 9.59 Å². The normalized spacial score (nSPS) is 13.7. The van der Waals surface area contributed by atoms with Crippen molar-refractivity contribution in [2.24, 2.45) is 4.99 Å². The minimum Gasteiger partial charge on any atom is -0.469 e. The van der Waals surface area contributed by atoms with E-state index >= 15 is 0 Å². The van der Waals surface area contributed by atoms with Crippen molar-refractivity contribution in [1.82, 2.24) is 0 Å². The molecule has 9 heteroatoms. The summed E-state index contributed by atoms with van der Waals surface area (Å²) in [5.74, 6) is -1.19. The lowest BCUT2D eigenvalue weighted by molar-refractivity contribution is -0.139. The Kier molecular flexibility index (Phi) is 7.12. The smallest absolute Gasteiger partial charge is 0.311 e. The van der Waals surface area contributed by atoms with Crippen LogP contribution in [0.4, 0.5) is 21.5 Å². The predicted molar refractivity (Wildman–Crippen MR) is 119 cm³/mol. The summed E-state index contributed by atoms with van der Waals surface area (Å²) in [7, 11) is 1.32. The third-order valence-corrected chi connectivity index (χ3v) is 5.48. The van der Waals surface area contributed by atoms with Gasteiger partial charge in [0.05, 0.1) is 45.9 Å². The molecule has 2 N–H and O–H groups in total. The number of thioether (sulfide) groups is 1. The number of esters is 1. The van der Waals surface area contributed by atoms with E-state index in [0.717, 1.165) is 11.8 Å². The molecule has 0 unspecified atom stereocenters. The number of aliphatic imine (C=N–C) groups is 1. The number of rotatable bonds is 5. The second-order valence-corrected chi connectivity index (χ2v) is 8.16. The molecule has 156 valence electrons. The van der Waals surface area contributed by atoms with Crippen molar-refractivity contribution in [3.05, 3.63) is 65.1 Å². The van der Waals surface area contributed by atoms with Crippen molar-refractivity contribution in [3.63, 3.8) is 0 Å². The lowest BCUT2D eigenvalue weighted by Crippen LogP contribution is -2.23. The minimum atomic E-state index is -0.536. The van der Waals surface area contributed by atoms with Crippen LogP contribution in [0.3, 0.4) is 0 Å². The van der Waals surface area contributed by atoms with Gasteiger partial charge in [0.2, 0.25) is 5.91 Å². The van der Waals surface area contributed by atoms with Crippen LogP contribution < -0.4 is 10.6 Å². The summed E-state index contributed by atoms with van der Waals surface area (Å²) in [5.41, 5.74) is 2.36. The third-order valence-electron chi connectivity index (χ3n) is 4.15. The Hall–Kier alpha value is -2.84. The number of carbonyl (C=O) groups is 2. The first kappa shape index (κ1) is 21.9. The molecule has 2 aromatic carbocycles. The second kappa shape index (κ2) is 9.77. The van der Waals surface area contributed by atoms with Gasteiger partial charge in [-0.1, -0.05) is 35.5 Å². The van der Waals surface area contributed by atoms with Crippen molar-refractivity contribution in [2.75, 3.05) is 17.7 Å². The van der Waals surface area contributed by atoms with Crippen LogP contribution in [0.25, 0.3) is 0 Å². The number of hydrogen-bond acceptors (Lipinski definition) is 6. The van der Waals surface area contributed by atoms with Gasteiger partial charge in [-0.2, -0.15) is 0 Å². The second-order valence-electron chi connectivity index (χ2n) is 6.39. The molecule has 6 nitrogen and oxygen atoms in total. The van der Waals surface area contributed by atoms with Gasteiger partial charge >= 0.3 is 5.97 Å². The summed E-state index contributed by atoms with van der Waals surface area (Å²) in [6, 6.07) is 11.2. The monoisotopic (exact) mass is 447 g/mol. The Morgan fingerprint density at radius 3 is 2.80 bits per heavy atom. The highest BCUT2D eigenvalue weighted by Crippen LogP contribution is 2.32. The van der Waals surface area contributed by atoms with Gasteiger partial charge in [-0.15, -0.1) is 0 Å². The van der Waals surface area contributed by atoms with Gasteiger partial charge in [0.15, 0.2) is 0 Å². The molecule has 0 aromatic heterocycles. The fraction of sp³-hybridized carbons (Fsp3) is 0.190. The molecule has 2 aromatic rings. The topological polar surface area (TPSA) is 79.8 Å². The van der Waals surface area contributed by atoms with Gasteiger partial charge < -0.3 is 15.4 Å². The molecule has 1 aliphatic heterocycles. The molecule has 0 spiro atoms. The van der Waals surface area contributed by atoms with Crippen LogP contribution in [-0.2, 0) is 14.3 Å². The fourth-order valence-electron chi connectivity index (χ4n) is 2.63. The molecule has 0 saturated carbocycles. The molecule has 0 saturated heterocycles. The average molecular weight is 448 g/mol. The van der Waals surface area contributed by atoms with Crippen molar-refractivity contribution in [2.45, 2.75) is 18.6 Å². The summed E-state index contributed by atoms with van der Waals surface area (Å²) in [4.78, 5) is 29.0. The molecule has 0 aliphatic carbocycles. The fourth-order valence-corrected chi connectivity index (χ4v) is 3.73. The van der Waals surface area contributed by atoms with E-state index in [4.69, 9.17) is 16.3 Å². The number of amides is 1. The Morgan fingerprint density at radius 2 is 2.07 bits per heavy atom. The first-order valence-corrected chi connectivity index (χ1v) is 10.3. The van der Waals surface area contributed by atoms with Crippen molar-refractivity contribution in [3.8, 4) is 0 Å². The number of benzene rings is 2. The summed E-state index contributed by atoms with van der Waals surface area (Å²) in [5, 5.41) is 6.01. The van der Waals surface area contributed by atoms with Crippen LogP contribution in [0, 0.1) is 5.82 Å². The number of ether oxygens (including phenoxy) is 1. The van der Waals surface area contributed by atoms with Crippen molar-refractivity contribution in [1.29, 1.82) is 0 Å². The number of para-hydroxylation sites is 2. The molecule has 1 heterocycles. The Morgan fingerprint density at radius 1 is 1.30 bits per heavy atom. The lowest BCUT2D eigenvalue weighted by Gasteiger charge is -2.13. The zero-order chi connectivity index (χ0) is 21.7. The quantitative estimate of drug-likeness (QED) is 0.620. The zero-order valence-electron chi connectivity index (χ0n) is 16.2. The predicted octanol–water partition coefficient (Wildman–Crippen LogP) is 5.14. The number of fused-ring (bicyclic) bond motifs is 1. The molecule has 1 amide bonds. The van der Waals surface area contributed by atoms with E-state index in [1.54, 1.807) is 13.0 Å². The van der Waals surface area contributed by atoms with Crippen molar-refractivity contribution >= 4 is 57.3 Å². The third kappa shape index (κ3) is 5.61. The van der Waals surface area contributed by atoms with Crippen LogP contribution in [0.2, 0.25) is 5.02 Å². The van der Waals surface area contributed by atoms with Gasteiger partial charge in [-0.25, -0.2) is 9.38 Å². The maximum absolute atomic E-state index is 13.2. The van der Waals surface area contributed by atoms with Crippen LogP contribution in [0.15, 0.2) is 59.2 Å². The summed E-state index contributed by atoms with van der Waals surface area (Å²) < 4.78 is 18.0. The van der Waals surface area contributed by atoms with Gasteiger partial charge in [-0.05, 0) is 43.3 Å². The number of anilines is 2. The number of hydrogen-bond donors (Lipinski definition) is 2. The Balaban J connectivity index is 1.79. The van der Waals surface area contributed by atoms with Crippen LogP contribution >= 0.6 is 23.4 Å². The number of halogens is 2. The van der Waals surface area contributed by atoms with E-state index in [0.29, 0.717) is 22.1 Å². The summed E-state index contributed by atoms with van der Waals surface area (Å²) in [6.45, 7) is 1.72. The lowest BCUT2D eigenvalue weighted by atomic mass is 10.2. The number of carbonyl (C=O) groups excluding carboxylic acids is 2. The Bertz CT molecular complexity index is 1040. The van der Waals surface area contributed by atoms with Crippen LogP contribution in [-0.4, -0.2) is 29.3 Å². The highest BCUT2D eigenvalue weighted by atomic mass is 35.5. The van der Waals surface area contributed by atoms with Gasteiger partial charge in [0, 0.05) is 5.70 Å². The van der Waals surface area contributed by atoms with E-state index in [1.807, 2.05) is 24.3 Å². The van der Waals surface area contributed by atoms with E-state index in [9.17, 15) is 14.0 Å². The van der Waals surface area contributed by atoms with E-state index < -0.39 is 17.0 Å². The standard InChI is InChI=1S/C21H19ClFN3O3S/c1-12(21(28)26-16-8-7-13(23)9-15(16)22)30-19-10-14(11-20(27)29-2)24-17-5-3-4-6-18(17)25-19/h3-10,12,24H,11H2,1-2H3,(H,26,28)/t12-/m0/s1. The number of nitrogens with one attached hydrogen (secondary N) is 2. The molecular formula is C21H19ClFN3O3S. The number of methoxy groups -OCH3 is 1. The molecule has 1 atom stereocenters. The molecule has 1 aliphatic rings. The average Bonchev–Trinajstić information content (AvgIpc) is 2.88. The Labute approximate surface area is 182 Å². The molecule has 3 rings (SSSR count).